The number of hydrogen-bond donors (Lipinski definition) is 0. The maximum Gasteiger partial charge on any atom is 0.307 e. The molecule has 0 N–H and O–H groups in total. The summed E-state index contributed by atoms with van der Waals surface area (Å²) in [6.07, 6.45) is 3.10. The third-order valence-corrected chi connectivity index (χ3v) is 1.57. The van der Waals surface area contributed by atoms with Gasteiger partial charge >= 0.3 is 11.1 Å². The second-order valence-electron chi connectivity index (χ2n) is 2.70. The average molecular weight is 207 g/mol. The molecule has 1 aromatic carbocycles. The first-order valence-electron chi connectivity index (χ1n) is 4.25. The fraction of sp³-hybridized carbons (Fsp3) is 0.100. The monoisotopic (exact) mass is 207 g/mol. The van der Waals surface area contributed by atoms with Gasteiger partial charge in [-0.2, -0.15) is 0 Å². The summed E-state index contributed by atoms with van der Waals surface area (Å²) in [4.78, 5) is 24.2. The third-order valence-electron chi connectivity index (χ3n) is 1.57. The van der Waals surface area contributed by atoms with Crippen LogP contribution in [0.4, 0.5) is 0 Å². The minimum atomic E-state index is -1.11. The highest BCUT2D eigenvalue weighted by molar-refractivity contribution is 5.71. The van der Waals surface area contributed by atoms with Crippen LogP contribution >= 0.6 is 0 Å². The Morgan fingerprint density at radius 1 is 1.40 bits per heavy atom. The molecule has 0 aliphatic heterocycles. The molecule has 0 radical (unpaired) electrons. The lowest BCUT2D eigenvalue weighted by Gasteiger charge is -1.92. The zero-order valence-electron chi connectivity index (χ0n) is 7.83. The molecular weight excluding hydrogens is 198 g/mol. The van der Waals surface area contributed by atoms with Gasteiger partial charge in [0.2, 0.25) is 0 Å². The van der Waals surface area contributed by atoms with Crippen molar-refractivity contribution in [3.05, 3.63) is 52.1 Å². The van der Waals surface area contributed by atoms with E-state index >= 15 is 0 Å². The lowest BCUT2D eigenvalue weighted by Crippen LogP contribution is -2.08. The van der Waals surface area contributed by atoms with Gasteiger partial charge in [0.25, 0.3) is 0 Å². The SMILES string of the molecule is O=C(CC=Cc1ccccc1)O[N+](=O)[O-]. The predicted molar refractivity (Wildman–Crippen MR) is 53.2 cm³/mol. The van der Waals surface area contributed by atoms with Gasteiger partial charge in [0.15, 0.2) is 0 Å². The van der Waals surface area contributed by atoms with Crippen molar-refractivity contribution in [3.63, 3.8) is 0 Å². The van der Waals surface area contributed by atoms with Gasteiger partial charge in [-0.1, -0.05) is 42.5 Å². The van der Waals surface area contributed by atoms with Gasteiger partial charge in [-0.25, -0.2) is 4.84 Å². The average Bonchev–Trinajstić information content (AvgIpc) is 2.18. The van der Waals surface area contributed by atoms with Gasteiger partial charge in [0.05, 0.1) is 6.42 Å². The van der Waals surface area contributed by atoms with E-state index in [9.17, 15) is 14.9 Å². The highest BCUT2D eigenvalue weighted by Gasteiger charge is 2.03. The summed E-state index contributed by atoms with van der Waals surface area (Å²) in [6, 6.07) is 9.30. The normalized spacial score (nSPS) is 10.1. The van der Waals surface area contributed by atoms with Crippen LogP contribution in [0.2, 0.25) is 0 Å². The fourth-order valence-corrected chi connectivity index (χ4v) is 0.976. The van der Waals surface area contributed by atoms with Crippen LogP contribution in [-0.2, 0) is 9.63 Å². The molecule has 0 aliphatic carbocycles. The summed E-state index contributed by atoms with van der Waals surface area (Å²) in [5.74, 6) is -0.882. The number of benzene rings is 1. The van der Waals surface area contributed by atoms with Crippen LogP contribution in [0.25, 0.3) is 6.08 Å². The lowest BCUT2D eigenvalue weighted by atomic mass is 10.2. The first-order chi connectivity index (χ1) is 7.18. The summed E-state index contributed by atoms with van der Waals surface area (Å²) in [5, 5.41) is 8.67. The minimum Gasteiger partial charge on any atom is -0.268 e. The van der Waals surface area contributed by atoms with E-state index in [0.717, 1.165) is 5.56 Å². The van der Waals surface area contributed by atoms with Crippen molar-refractivity contribution < 1.29 is 14.7 Å². The van der Waals surface area contributed by atoms with Crippen molar-refractivity contribution in [1.82, 2.24) is 0 Å². The number of hydrogen-bond acceptors (Lipinski definition) is 4. The Morgan fingerprint density at radius 3 is 2.67 bits per heavy atom. The number of carbonyl (C=O) groups is 1. The number of carbonyl (C=O) groups excluding carboxylic acids is 1. The molecule has 0 fully saturated rings. The van der Waals surface area contributed by atoms with E-state index in [0.29, 0.717) is 0 Å². The van der Waals surface area contributed by atoms with Crippen LogP contribution in [0, 0.1) is 10.1 Å². The Bertz CT molecular complexity index is 372. The van der Waals surface area contributed by atoms with E-state index in [2.05, 4.69) is 4.84 Å². The zero-order valence-corrected chi connectivity index (χ0v) is 7.83. The van der Waals surface area contributed by atoms with Crippen molar-refractivity contribution >= 4 is 12.0 Å². The van der Waals surface area contributed by atoms with Gasteiger partial charge in [-0.15, -0.1) is 10.1 Å². The molecule has 5 heteroatoms. The summed E-state index contributed by atoms with van der Waals surface area (Å²) < 4.78 is 0. The molecule has 1 aromatic rings. The van der Waals surface area contributed by atoms with Crippen molar-refractivity contribution in [2.45, 2.75) is 6.42 Å². The van der Waals surface area contributed by atoms with Crippen molar-refractivity contribution in [1.29, 1.82) is 0 Å². The highest BCUT2D eigenvalue weighted by Crippen LogP contribution is 2.02. The Labute approximate surface area is 86.1 Å². The Balaban J connectivity index is 2.40. The van der Waals surface area contributed by atoms with Crippen LogP contribution in [0.15, 0.2) is 36.4 Å². The molecule has 0 heterocycles. The molecule has 5 nitrogen and oxygen atoms in total. The largest absolute Gasteiger partial charge is 0.307 e. The van der Waals surface area contributed by atoms with E-state index in [1.54, 1.807) is 6.08 Å². The summed E-state index contributed by atoms with van der Waals surface area (Å²) in [5.41, 5.74) is 0.923. The minimum absolute atomic E-state index is 0.115. The van der Waals surface area contributed by atoms with Crippen LogP contribution in [0.3, 0.4) is 0 Å². The van der Waals surface area contributed by atoms with Crippen molar-refractivity contribution in [3.8, 4) is 0 Å². The molecule has 78 valence electrons. The quantitative estimate of drug-likeness (QED) is 0.557. The Morgan fingerprint density at radius 2 is 2.07 bits per heavy atom. The molecule has 0 spiro atoms. The molecule has 0 amide bonds. The van der Waals surface area contributed by atoms with Gasteiger partial charge in [-0.05, 0) is 5.56 Å². The third kappa shape index (κ3) is 4.56. The highest BCUT2D eigenvalue weighted by atomic mass is 17.0. The molecule has 0 unspecified atom stereocenters. The molecule has 0 saturated carbocycles. The summed E-state index contributed by atoms with van der Waals surface area (Å²) >= 11 is 0. The maximum absolute atomic E-state index is 10.7. The van der Waals surface area contributed by atoms with E-state index in [4.69, 9.17) is 0 Å². The molecule has 0 aromatic heterocycles. The number of nitrogens with zero attached hydrogens (tertiary/aromatic N) is 1. The van der Waals surface area contributed by atoms with Gasteiger partial charge in [0, 0.05) is 0 Å². The molecule has 0 saturated heterocycles. The standard InChI is InChI=1S/C10H9NO4/c12-10(15-11(13)14)8-4-7-9-5-2-1-3-6-9/h1-7H,8H2. The van der Waals surface area contributed by atoms with Gasteiger partial charge < -0.3 is 0 Å². The van der Waals surface area contributed by atoms with E-state index in [1.165, 1.54) is 6.08 Å². The second-order valence-corrected chi connectivity index (χ2v) is 2.70. The topological polar surface area (TPSA) is 69.4 Å². The zero-order chi connectivity index (χ0) is 11.1. The number of rotatable bonds is 4. The maximum atomic E-state index is 10.7. The lowest BCUT2D eigenvalue weighted by molar-refractivity contribution is -0.729. The molecule has 0 aliphatic rings. The van der Waals surface area contributed by atoms with Crippen LogP contribution in [0.5, 0.6) is 0 Å². The summed E-state index contributed by atoms with van der Waals surface area (Å²) in [7, 11) is 0. The fourth-order valence-electron chi connectivity index (χ4n) is 0.976. The Hall–Kier alpha value is -2.17. The van der Waals surface area contributed by atoms with E-state index in [1.807, 2.05) is 30.3 Å². The first kappa shape index (κ1) is 10.9. The molecule has 0 atom stereocenters. The molecule has 1 rings (SSSR count). The van der Waals surface area contributed by atoms with Crippen LogP contribution in [-0.4, -0.2) is 11.1 Å². The van der Waals surface area contributed by atoms with E-state index in [-0.39, 0.29) is 6.42 Å². The molecular formula is C10H9NO4. The molecule has 15 heavy (non-hydrogen) atoms. The van der Waals surface area contributed by atoms with Crippen molar-refractivity contribution in [2.75, 3.05) is 0 Å². The Kier molecular flexibility index (Phi) is 4.03. The molecule has 0 bridgehead atoms. The van der Waals surface area contributed by atoms with Crippen LogP contribution in [0.1, 0.15) is 12.0 Å². The van der Waals surface area contributed by atoms with Crippen LogP contribution < -0.4 is 0 Å². The predicted octanol–water partition coefficient (Wildman–Crippen LogP) is 1.82. The van der Waals surface area contributed by atoms with Gasteiger partial charge in [0.1, 0.15) is 0 Å². The van der Waals surface area contributed by atoms with Crippen molar-refractivity contribution in [2.24, 2.45) is 0 Å². The summed E-state index contributed by atoms with van der Waals surface area (Å²) in [6.45, 7) is 0. The smallest absolute Gasteiger partial charge is 0.268 e. The second kappa shape index (κ2) is 5.54. The van der Waals surface area contributed by atoms with Gasteiger partial charge in [-0.3, -0.25) is 4.79 Å². The first-order valence-corrected chi connectivity index (χ1v) is 4.25. The van der Waals surface area contributed by atoms with E-state index < -0.39 is 11.1 Å².